The van der Waals surface area contributed by atoms with Gasteiger partial charge in [-0.25, -0.2) is 4.79 Å². The molecule has 0 aromatic heterocycles. The lowest BCUT2D eigenvalue weighted by Crippen LogP contribution is -2.44. The molecular weight excluding hydrogens is 400 g/mol. The van der Waals surface area contributed by atoms with Crippen LogP contribution in [0.1, 0.15) is 34.3 Å². The summed E-state index contributed by atoms with van der Waals surface area (Å²) in [5.41, 5.74) is 8.67. The Labute approximate surface area is 183 Å². The molecule has 0 saturated heterocycles. The Morgan fingerprint density at radius 2 is 1.03 bits per heavy atom. The predicted molar refractivity (Wildman–Crippen MR) is 121 cm³/mol. The van der Waals surface area contributed by atoms with Crippen LogP contribution >= 0.6 is 0 Å². The monoisotopic (exact) mass is 416 g/mol. The van der Waals surface area contributed by atoms with Crippen molar-refractivity contribution in [1.82, 2.24) is 0 Å². The minimum absolute atomic E-state index is 0.166. The van der Waals surface area contributed by atoms with Gasteiger partial charge < -0.3 is 10.2 Å². The van der Waals surface area contributed by atoms with Crippen LogP contribution in [0.15, 0.2) is 72.8 Å². The summed E-state index contributed by atoms with van der Waals surface area (Å²) in [5, 5.41) is 22.1. The van der Waals surface area contributed by atoms with E-state index in [0.29, 0.717) is 11.4 Å². The quantitative estimate of drug-likeness (QED) is 0.387. The Morgan fingerprint density at radius 1 is 0.594 bits per heavy atom. The zero-order valence-corrected chi connectivity index (χ0v) is 16.8. The molecule has 2 N–H and O–H groups in total. The normalized spacial score (nSPS) is 19.5. The number of carbonyl (C=O) groups is 1. The molecule has 4 aliphatic rings. The summed E-state index contributed by atoms with van der Waals surface area (Å²) in [6, 6.07) is 22.6. The number of carbonyl (C=O) groups excluding carboxylic acids is 1. The predicted octanol–water partition coefficient (Wildman–Crippen LogP) is 5.70. The maximum Gasteiger partial charge on any atom is 0.330 e. The van der Waals surface area contributed by atoms with E-state index >= 15 is 0 Å². The number of phenolic OH excluding ortho intramolecular Hbond substituents is 2. The van der Waals surface area contributed by atoms with Gasteiger partial charge in [-0.15, -0.1) is 0 Å². The van der Waals surface area contributed by atoms with Gasteiger partial charge >= 0.3 is 6.03 Å². The Kier molecular flexibility index (Phi) is 2.64. The molecule has 0 fully saturated rings. The van der Waals surface area contributed by atoms with Gasteiger partial charge in [0, 0.05) is 11.1 Å². The van der Waals surface area contributed by atoms with Crippen molar-refractivity contribution >= 4 is 17.4 Å². The summed E-state index contributed by atoms with van der Waals surface area (Å²) in [5.74, 6) is 0.333. The number of rotatable bonds is 0. The molecule has 2 heterocycles. The van der Waals surface area contributed by atoms with Crippen LogP contribution in [0.25, 0.3) is 22.3 Å². The number of aromatic hydroxyl groups is 2. The van der Waals surface area contributed by atoms with Crippen LogP contribution in [0.3, 0.4) is 0 Å². The molecular formula is C27H16N2O3. The molecule has 2 amide bonds. The van der Waals surface area contributed by atoms with E-state index in [4.69, 9.17) is 0 Å². The van der Waals surface area contributed by atoms with Crippen LogP contribution in [-0.4, -0.2) is 16.2 Å². The Hall–Kier alpha value is -4.25. The minimum atomic E-state index is -0.365. The molecule has 5 heteroatoms. The highest BCUT2D eigenvalue weighted by Gasteiger charge is 2.51. The summed E-state index contributed by atoms with van der Waals surface area (Å²) in [7, 11) is 0. The summed E-state index contributed by atoms with van der Waals surface area (Å²) >= 11 is 0. The molecule has 0 spiro atoms. The molecule has 5 nitrogen and oxygen atoms in total. The SMILES string of the molecule is O=C(N1c2ccc3c(c2O)C1c1ccccc1-3)N1c2ccc3c(c2O)C1c1ccccc1-3. The number of anilines is 2. The average Bonchev–Trinajstić information content (AvgIpc) is 3.39. The number of amides is 2. The van der Waals surface area contributed by atoms with Crippen molar-refractivity contribution in [3.05, 3.63) is 95.1 Å². The lowest BCUT2D eigenvalue weighted by molar-refractivity contribution is 0.249. The molecule has 4 bridgehead atoms. The first-order valence-corrected chi connectivity index (χ1v) is 10.7. The first kappa shape index (κ1) is 16.4. The largest absolute Gasteiger partial charge is 0.505 e. The average molecular weight is 416 g/mol. The second kappa shape index (κ2) is 5.14. The van der Waals surface area contributed by atoms with Crippen molar-refractivity contribution in [3.8, 4) is 33.8 Å². The third-order valence-corrected chi connectivity index (χ3v) is 7.48. The van der Waals surface area contributed by atoms with E-state index in [2.05, 4.69) is 0 Å². The summed E-state index contributed by atoms with van der Waals surface area (Å²) in [6.07, 6.45) is 0. The van der Waals surface area contributed by atoms with Gasteiger partial charge in [0.15, 0.2) is 0 Å². The van der Waals surface area contributed by atoms with E-state index in [9.17, 15) is 15.0 Å². The van der Waals surface area contributed by atoms with Gasteiger partial charge in [0.1, 0.15) is 11.5 Å². The second-order valence-corrected chi connectivity index (χ2v) is 8.79. The smallest absolute Gasteiger partial charge is 0.330 e. The minimum Gasteiger partial charge on any atom is -0.505 e. The Balaban J connectivity index is 1.33. The number of nitrogens with zero attached hydrogens (tertiary/aromatic N) is 2. The number of hydrogen-bond donors (Lipinski definition) is 2. The molecule has 32 heavy (non-hydrogen) atoms. The van der Waals surface area contributed by atoms with Crippen molar-refractivity contribution in [2.24, 2.45) is 0 Å². The highest BCUT2D eigenvalue weighted by Crippen LogP contribution is 2.62. The molecule has 2 aliphatic heterocycles. The van der Waals surface area contributed by atoms with Crippen LogP contribution in [0.4, 0.5) is 16.2 Å². The van der Waals surface area contributed by atoms with Gasteiger partial charge in [0.2, 0.25) is 0 Å². The Bertz CT molecular complexity index is 1440. The number of benzene rings is 4. The molecule has 2 unspecified atom stereocenters. The third-order valence-electron chi connectivity index (χ3n) is 7.48. The maximum atomic E-state index is 14.3. The van der Waals surface area contributed by atoms with Crippen molar-refractivity contribution in [3.63, 3.8) is 0 Å². The number of hydrogen-bond acceptors (Lipinski definition) is 3. The van der Waals surface area contributed by atoms with Crippen LogP contribution in [0.2, 0.25) is 0 Å². The molecule has 4 aromatic carbocycles. The van der Waals surface area contributed by atoms with E-state index in [-0.39, 0.29) is 29.6 Å². The molecule has 8 rings (SSSR count). The molecule has 4 aromatic rings. The van der Waals surface area contributed by atoms with Crippen molar-refractivity contribution in [2.45, 2.75) is 12.1 Å². The van der Waals surface area contributed by atoms with Gasteiger partial charge in [-0.1, -0.05) is 60.7 Å². The maximum absolute atomic E-state index is 14.3. The molecule has 2 aliphatic carbocycles. The van der Waals surface area contributed by atoms with Crippen molar-refractivity contribution in [2.75, 3.05) is 9.80 Å². The first-order valence-electron chi connectivity index (χ1n) is 10.7. The zero-order chi connectivity index (χ0) is 21.3. The zero-order valence-electron chi connectivity index (χ0n) is 16.8. The summed E-state index contributed by atoms with van der Waals surface area (Å²) < 4.78 is 0. The first-order chi connectivity index (χ1) is 15.7. The highest BCUT2D eigenvalue weighted by atomic mass is 16.3. The fourth-order valence-electron chi connectivity index (χ4n) is 6.24. The summed E-state index contributed by atoms with van der Waals surface area (Å²) in [6.45, 7) is 0. The number of urea groups is 1. The van der Waals surface area contributed by atoms with Gasteiger partial charge in [-0.2, -0.15) is 0 Å². The van der Waals surface area contributed by atoms with Crippen LogP contribution in [-0.2, 0) is 0 Å². The van der Waals surface area contributed by atoms with E-state index in [0.717, 1.165) is 44.5 Å². The van der Waals surface area contributed by atoms with E-state index in [1.165, 1.54) is 0 Å². The van der Waals surface area contributed by atoms with Gasteiger partial charge in [0.05, 0.1) is 23.5 Å². The van der Waals surface area contributed by atoms with E-state index < -0.39 is 0 Å². The second-order valence-electron chi connectivity index (χ2n) is 8.79. The molecule has 0 saturated carbocycles. The van der Waals surface area contributed by atoms with Gasteiger partial charge in [-0.3, -0.25) is 9.80 Å². The molecule has 152 valence electrons. The van der Waals surface area contributed by atoms with Crippen molar-refractivity contribution in [1.29, 1.82) is 0 Å². The summed E-state index contributed by atoms with van der Waals surface area (Å²) in [4.78, 5) is 17.6. The fourth-order valence-corrected chi connectivity index (χ4v) is 6.24. The Morgan fingerprint density at radius 3 is 1.50 bits per heavy atom. The molecule has 2 atom stereocenters. The van der Waals surface area contributed by atoms with E-state index in [1.54, 1.807) is 9.80 Å². The lowest BCUT2D eigenvalue weighted by Gasteiger charge is -2.33. The fraction of sp³-hybridized carbons (Fsp3) is 0.0741. The highest BCUT2D eigenvalue weighted by molar-refractivity contribution is 6.13. The van der Waals surface area contributed by atoms with Crippen LogP contribution < -0.4 is 9.80 Å². The molecule has 0 radical (unpaired) electrons. The van der Waals surface area contributed by atoms with Crippen molar-refractivity contribution < 1.29 is 15.0 Å². The lowest BCUT2D eigenvalue weighted by atomic mass is 10.0. The number of phenols is 2. The van der Waals surface area contributed by atoms with Gasteiger partial charge in [-0.05, 0) is 45.5 Å². The number of fused-ring (bicyclic) bond motifs is 8. The van der Waals surface area contributed by atoms with E-state index in [1.807, 2.05) is 72.8 Å². The van der Waals surface area contributed by atoms with Gasteiger partial charge in [0.25, 0.3) is 0 Å². The third kappa shape index (κ3) is 1.59. The topological polar surface area (TPSA) is 64.0 Å². The van der Waals surface area contributed by atoms with Crippen LogP contribution in [0, 0.1) is 0 Å². The standard InChI is InChI=1S/C27H16N2O3/c30-25-19-11-9-15-13-5-1-3-7-17(13)23(21(15)25)28(19)27(32)29-20-12-10-16-14-6-2-4-8-18(14)24(29)22(16)26(20)31/h1-12,23-24,30-31H. The van der Waals surface area contributed by atoms with Crippen LogP contribution in [0.5, 0.6) is 11.5 Å².